The first kappa shape index (κ1) is 10.6. The van der Waals surface area contributed by atoms with Gasteiger partial charge in [0.05, 0.1) is 7.11 Å². The summed E-state index contributed by atoms with van der Waals surface area (Å²) >= 11 is 3.55. The molecule has 0 spiro atoms. The predicted octanol–water partition coefficient (Wildman–Crippen LogP) is 3.50. The van der Waals surface area contributed by atoms with Gasteiger partial charge < -0.3 is 9.72 Å². The average molecular weight is 268 g/mol. The molecular weight excluding hydrogens is 254 g/mol. The van der Waals surface area contributed by atoms with Crippen molar-refractivity contribution in [2.75, 3.05) is 7.11 Å². The Labute approximate surface area is 97.8 Å². The van der Waals surface area contributed by atoms with Gasteiger partial charge >= 0.3 is 0 Å². The third-order valence-corrected chi connectivity index (χ3v) is 2.71. The van der Waals surface area contributed by atoms with Gasteiger partial charge in [0, 0.05) is 22.1 Å². The molecule has 15 heavy (non-hydrogen) atoms. The number of methoxy groups -OCH3 is 1. The van der Waals surface area contributed by atoms with Crippen LogP contribution in [0.1, 0.15) is 12.6 Å². The van der Waals surface area contributed by atoms with Crippen LogP contribution in [0.25, 0.3) is 10.9 Å². The Hall–Kier alpha value is -0.960. The smallest absolute Gasteiger partial charge is 0.120 e. The monoisotopic (exact) mass is 267 g/mol. The van der Waals surface area contributed by atoms with E-state index in [0.29, 0.717) is 4.83 Å². The van der Waals surface area contributed by atoms with Crippen molar-refractivity contribution in [1.29, 1.82) is 0 Å². The number of fused-ring (bicyclic) bond motifs is 1. The standard InChI is InChI=1S/C12H14BrNO/c1-8(13)5-10-6-9-3-4-11(15-2)7-12(9)14-10/h3-4,6-8,14H,5H2,1-2H3. The molecule has 1 heterocycles. The second-order valence-corrected chi connectivity index (χ2v) is 5.30. The van der Waals surface area contributed by atoms with Crippen molar-refractivity contribution in [3.05, 3.63) is 30.0 Å². The lowest BCUT2D eigenvalue weighted by molar-refractivity contribution is 0.415. The van der Waals surface area contributed by atoms with Gasteiger partial charge in [-0.3, -0.25) is 0 Å². The summed E-state index contributed by atoms with van der Waals surface area (Å²) in [5.41, 5.74) is 2.39. The van der Waals surface area contributed by atoms with Crippen molar-refractivity contribution in [2.45, 2.75) is 18.2 Å². The minimum Gasteiger partial charge on any atom is -0.497 e. The summed E-state index contributed by atoms with van der Waals surface area (Å²) < 4.78 is 5.18. The molecule has 2 nitrogen and oxygen atoms in total. The van der Waals surface area contributed by atoms with Gasteiger partial charge in [-0.1, -0.05) is 22.9 Å². The molecule has 2 rings (SSSR count). The first-order valence-electron chi connectivity index (χ1n) is 4.99. The van der Waals surface area contributed by atoms with Crippen LogP contribution in [-0.4, -0.2) is 16.9 Å². The summed E-state index contributed by atoms with van der Waals surface area (Å²) in [7, 11) is 1.69. The minimum absolute atomic E-state index is 0.493. The Morgan fingerprint density at radius 3 is 2.87 bits per heavy atom. The minimum atomic E-state index is 0.493. The zero-order valence-electron chi connectivity index (χ0n) is 8.88. The normalized spacial score (nSPS) is 13.0. The molecule has 0 aliphatic rings. The number of rotatable bonds is 3. The summed E-state index contributed by atoms with van der Waals surface area (Å²) in [6.45, 7) is 2.14. The van der Waals surface area contributed by atoms with Crippen LogP contribution in [0.3, 0.4) is 0 Å². The van der Waals surface area contributed by atoms with Crippen molar-refractivity contribution in [1.82, 2.24) is 4.98 Å². The second-order valence-electron chi connectivity index (χ2n) is 3.73. The van der Waals surface area contributed by atoms with Gasteiger partial charge in [0.2, 0.25) is 0 Å². The third kappa shape index (κ3) is 2.34. The van der Waals surface area contributed by atoms with Crippen molar-refractivity contribution >= 4 is 26.8 Å². The van der Waals surface area contributed by atoms with E-state index in [1.54, 1.807) is 7.11 Å². The molecule has 0 fully saturated rings. The maximum absolute atomic E-state index is 5.18. The topological polar surface area (TPSA) is 25.0 Å². The number of H-pyrrole nitrogens is 1. The van der Waals surface area contributed by atoms with Gasteiger partial charge in [0.1, 0.15) is 5.75 Å². The van der Waals surface area contributed by atoms with Gasteiger partial charge in [0.15, 0.2) is 0 Å². The molecule has 0 saturated carbocycles. The van der Waals surface area contributed by atoms with E-state index >= 15 is 0 Å². The fourth-order valence-corrected chi connectivity index (χ4v) is 2.06. The SMILES string of the molecule is COc1ccc2cc(CC(C)Br)[nH]c2c1. The lowest BCUT2D eigenvalue weighted by atomic mass is 10.2. The molecule has 1 atom stereocenters. The number of hydrogen-bond donors (Lipinski definition) is 1. The van der Waals surface area contributed by atoms with Gasteiger partial charge in [0.25, 0.3) is 0 Å². The number of nitrogens with one attached hydrogen (secondary N) is 1. The van der Waals surface area contributed by atoms with Crippen LogP contribution in [-0.2, 0) is 6.42 Å². The summed E-state index contributed by atoms with van der Waals surface area (Å²) in [6, 6.07) is 8.27. The molecule has 1 aromatic heterocycles. The molecule has 0 saturated heterocycles. The Balaban J connectivity index is 2.37. The Morgan fingerprint density at radius 1 is 1.40 bits per heavy atom. The van der Waals surface area contributed by atoms with E-state index in [0.717, 1.165) is 17.7 Å². The van der Waals surface area contributed by atoms with E-state index in [1.807, 2.05) is 12.1 Å². The number of alkyl halides is 1. The van der Waals surface area contributed by atoms with Crippen LogP contribution in [0.2, 0.25) is 0 Å². The molecule has 1 aromatic carbocycles. The van der Waals surface area contributed by atoms with Crippen LogP contribution in [0.15, 0.2) is 24.3 Å². The van der Waals surface area contributed by atoms with Crippen molar-refractivity contribution in [2.24, 2.45) is 0 Å². The molecule has 0 bridgehead atoms. The highest BCUT2D eigenvalue weighted by Gasteiger charge is 2.04. The number of halogens is 1. The molecule has 80 valence electrons. The molecule has 3 heteroatoms. The molecule has 2 aromatic rings. The van der Waals surface area contributed by atoms with Crippen LogP contribution in [0.5, 0.6) is 5.75 Å². The molecule has 0 aliphatic carbocycles. The highest BCUT2D eigenvalue weighted by atomic mass is 79.9. The number of benzene rings is 1. The molecule has 0 amide bonds. The zero-order chi connectivity index (χ0) is 10.8. The van der Waals surface area contributed by atoms with Gasteiger partial charge in [-0.2, -0.15) is 0 Å². The first-order valence-corrected chi connectivity index (χ1v) is 5.90. The molecule has 1 N–H and O–H groups in total. The van der Waals surface area contributed by atoms with Gasteiger partial charge in [-0.15, -0.1) is 0 Å². The maximum atomic E-state index is 5.18. The van der Waals surface area contributed by atoms with E-state index in [1.165, 1.54) is 11.1 Å². The van der Waals surface area contributed by atoms with E-state index in [-0.39, 0.29) is 0 Å². The van der Waals surface area contributed by atoms with E-state index in [9.17, 15) is 0 Å². The van der Waals surface area contributed by atoms with Crippen LogP contribution in [0, 0.1) is 0 Å². The number of aromatic nitrogens is 1. The van der Waals surface area contributed by atoms with E-state index in [4.69, 9.17) is 4.74 Å². The number of ether oxygens (including phenoxy) is 1. The van der Waals surface area contributed by atoms with Crippen molar-refractivity contribution in [3.63, 3.8) is 0 Å². The largest absolute Gasteiger partial charge is 0.497 e. The first-order chi connectivity index (χ1) is 7.19. The van der Waals surface area contributed by atoms with Crippen LogP contribution >= 0.6 is 15.9 Å². The van der Waals surface area contributed by atoms with E-state index in [2.05, 4.69) is 40.0 Å². The Kier molecular flexibility index (Phi) is 3.00. The lowest BCUT2D eigenvalue weighted by Gasteiger charge is -1.99. The fraction of sp³-hybridized carbons (Fsp3) is 0.333. The van der Waals surface area contributed by atoms with Gasteiger partial charge in [-0.05, 0) is 30.0 Å². The summed E-state index contributed by atoms with van der Waals surface area (Å²) in [6.07, 6.45) is 1.01. The Bertz CT molecular complexity index is 462. The predicted molar refractivity (Wildman–Crippen MR) is 66.9 cm³/mol. The number of aromatic amines is 1. The fourth-order valence-electron chi connectivity index (χ4n) is 1.71. The van der Waals surface area contributed by atoms with Crippen LogP contribution < -0.4 is 4.74 Å². The quantitative estimate of drug-likeness (QED) is 0.847. The maximum Gasteiger partial charge on any atom is 0.120 e. The molecule has 1 unspecified atom stereocenters. The summed E-state index contributed by atoms with van der Waals surface area (Å²) in [5.74, 6) is 0.891. The highest BCUT2D eigenvalue weighted by molar-refractivity contribution is 9.09. The zero-order valence-corrected chi connectivity index (χ0v) is 10.5. The number of hydrogen-bond acceptors (Lipinski definition) is 1. The molecule has 0 aliphatic heterocycles. The average Bonchev–Trinajstić information content (AvgIpc) is 2.57. The van der Waals surface area contributed by atoms with Crippen molar-refractivity contribution in [3.8, 4) is 5.75 Å². The van der Waals surface area contributed by atoms with Crippen LogP contribution in [0.4, 0.5) is 0 Å². The summed E-state index contributed by atoms with van der Waals surface area (Å²) in [5, 5.41) is 1.24. The third-order valence-electron chi connectivity index (χ3n) is 2.39. The molecule has 0 radical (unpaired) electrons. The van der Waals surface area contributed by atoms with Gasteiger partial charge in [-0.25, -0.2) is 0 Å². The highest BCUT2D eigenvalue weighted by Crippen LogP contribution is 2.22. The molecular formula is C12H14BrNO. The lowest BCUT2D eigenvalue weighted by Crippen LogP contribution is -1.95. The second kappa shape index (κ2) is 4.27. The van der Waals surface area contributed by atoms with E-state index < -0.39 is 0 Å². The Morgan fingerprint density at radius 2 is 2.20 bits per heavy atom. The van der Waals surface area contributed by atoms with Crippen molar-refractivity contribution < 1.29 is 4.74 Å². The summed E-state index contributed by atoms with van der Waals surface area (Å²) in [4.78, 5) is 3.88.